The van der Waals surface area contributed by atoms with Crippen molar-refractivity contribution in [1.82, 2.24) is 0 Å². The minimum Gasteiger partial charge on any atom is -0.488 e. The molecular formula is C13H17NO3. The lowest BCUT2D eigenvalue weighted by atomic mass is 9.90. The summed E-state index contributed by atoms with van der Waals surface area (Å²) in [5.74, 6) is -0.479. The van der Waals surface area contributed by atoms with Gasteiger partial charge in [0.1, 0.15) is 17.4 Å². The topological polar surface area (TPSA) is 72.5 Å². The zero-order chi connectivity index (χ0) is 12.6. The molecule has 17 heavy (non-hydrogen) atoms. The zero-order valence-corrected chi connectivity index (χ0v) is 10.1. The van der Waals surface area contributed by atoms with E-state index in [1.165, 1.54) is 0 Å². The van der Waals surface area contributed by atoms with Gasteiger partial charge in [-0.3, -0.25) is 0 Å². The summed E-state index contributed by atoms with van der Waals surface area (Å²) in [6.07, 6.45) is 6.15. The Balaban J connectivity index is 2.50. The van der Waals surface area contributed by atoms with Gasteiger partial charge in [0.05, 0.1) is 0 Å². The molecule has 2 aliphatic rings. The number of ether oxygens (including phenoxy) is 1. The molecule has 1 fully saturated rings. The van der Waals surface area contributed by atoms with E-state index in [0.29, 0.717) is 18.7 Å². The predicted molar refractivity (Wildman–Crippen MR) is 64.2 cm³/mol. The van der Waals surface area contributed by atoms with E-state index < -0.39 is 5.97 Å². The van der Waals surface area contributed by atoms with Crippen LogP contribution >= 0.6 is 0 Å². The van der Waals surface area contributed by atoms with Gasteiger partial charge in [-0.25, -0.2) is 4.79 Å². The van der Waals surface area contributed by atoms with Crippen LogP contribution in [-0.2, 0) is 9.53 Å². The summed E-state index contributed by atoms with van der Waals surface area (Å²) in [4.78, 5) is 11.2. The van der Waals surface area contributed by atoms with E-state index in [1.54, 1.807) is 6.08 Å². The molecule has 3 N–H and O–H groups in total. The number of fused-ring (bicyclic) bond motifs is 1. The number of hydrogen-bond donors (Lipinski definition) is 2. The fourth-order valence-electron chi connectivity index (χ4n) is 2.15. The Labute approximate surface area is 100 Å². The Kier molecular flexibility index (Phi) is 2.83. The van der Waals surface area contributed by atoms with Gasteiger partial charge in [0, 0.05) is 18.4 Å². The van der Waals surface area contributed by atoms with Crippen molar-refractivity contribution in [1.29, 1.82) is 0 Å². The zero-order valence-electron chi connectivity index (χ0n) is 10.1. The van der Waals surface area contributed by atoms with E-state index in [1.807, 2.05) is 19.9 Å². The third-order valence-electron chi connectivity index (χ3n) is 2.99. The first-order chi connectivity index (χ1) is 7.93. The summed E-state index contributed by atoms with van der Waals surface area (Å²) >= 11 is 0. The average molecular weight is 235 g/mol. The lowest BCUT2D eigenvalue weighted by Gasteiger charge is -2.14. The molecule has 1 heterocycles. The number of hydrogen-bond acceptors (Lipinski definition) is 3. The quantitative estimate of drug-likeness (QED) is 0.762. The molecule has 1 aliphatic heterocycles. The van der Waals surface area contributed by atoms with Crippen LogP contribution in [0.15, 0.2) is 35.1 Å². The Morgan fingerprint density at radius 3 is 2.94 bits per heavy atom. The highest BCUT2D eigenvalue weighted by atomic mass is 16.5. The lowest BCUT2D eigenvalue weighted by molar-refractivity contribution is -0.132. The van der Waals surface area contributed by atoms with Gasteiger partial charge in [-0.2, -0.15) is 0 Å². The van der Waals surface area contributed by atoms with Gasteiger partial charge in [-0.05, 0) is 11.6 Å². The smallest absolute Gasteiger partial charge is 0.339 e. The molecule has 92 valence electrons. The van der Waals surface area contributed by atoms with Crippen molar-refractivity contribution in [2.24, 2.45) is 11.1 Å². The maximum Gasteiger partial charge on any atom is 0.339 e. The number of carboxylic acid groups (broad SMARTS) is 1. The highest BCUT2D eigenvalue weighted by Crippen LogP contribution is 2.38. The largest absolute Gasteiger partial charge is 0.488 e. The maximum atomic E-state index is 11.2. The summed E-state index contributed by atoms with van der Waals surface area (Å²) in [6.45, 7) is 4.47. The molecule has 0 spiro atoms. The van der Waals surface area contributed by atoms with Gasteiger partial charge >= 0.3 is 5.97 Å². The molecule has 1 saturated heterocycles. The first kappa shape index (κ1) is 11.9. The van der Waals surface area contributed by atoms with Crippen molar-refractivity contribution in [3.05, 3.63) is 35.1 Å². The van der Waals surface area contributed by atoms with Crippen molar-refractivity contribution >= 4 is 5.97 Å². The molecule has 4 nitrogen and oxygen atoms in total. The molecule has 0 aromatic carbocycles. The first-order valence-corrected chi connectivity index (χ1v) is 5.68. The number of aliphatic carboxylic acids is 1. The van der Waals surface area contributed by atoms with Gasteiger partial charge in [-0.1, -0.05) is 26.0 Å². The minimum absolute atomic E-state index is 0.104. The maximum absolute atomic E-state index is 11.2. The molecule has 0 amide bonds. The van der Waals surface area contributed by atoms with Gasteiger partial charge in [0.2, 0.25) is 0 Å². The fourth-order valence-corrected chi connectivity index (χ4v) is 2.15. The van der Waals surface area contributed by atoms with Gasteiger partial charge in [0.25, 0.3) is 0 Å². The van der Waals surface area contributed by atoms with E-state index in [4.69, 9.17) is 10.5 Å². The summed E-state index contributed by atoms with van der Waals surface area (Å²) < 4.78 is 5.62. The summed E-state index contributed by atoms with van der Waals surface area (Å²) in [5.41, 5.74) is 6.59. The third-order valence-corrected chi connectivity index (χ3v) is 2.99. The Morgan fingerprint density at radius 2 is 2.35 bits per heavy atom. The Morgan fingerprint density at radius 1 is 1.65 bits per heavy atom. The monoisotopic (exact) mass is 235 g/mol. The minimum atomic E-state index is -0.961. The van der Waals surface area contributed by atoms with Crippen molar-refractivity contribution in [3.63, 3.8) is 0 Å². The van der Waals surface area contributed by atoms with Gasteiger partial charge in [-0.15, -0.1) is 0 Å². The number of rotatable bonds is 2. The van der Waals surface area contributed by atoms with Crippen LogP contribution in [0.3, 0.4) is 0 Å². The molecule has 1 unspecified atom stereocenters. The first-order valence-electron chi connectivity index (χ1n) is 5.68. The van der Waals surface area contributed by atoms with Crippen LogP contribution in [-0.4, -0.2) is 23.7 Å². The molecule has 0 radical (unpaired) electrons. The van der Waals surface area contributed by atoms with Crippen LogP contribution in [0.5, 0.6) is 0 Å². The average Bonchev–Trinajstić information content (AvgIpc) is 2.55. The summed E-state index contributed by atoms with van der Waals surface area (Å²) in [7, 11) is 0. The number of nitrogens with two attached hydrogens (primary N) is 1. The predicted octanol–water partition coefficient (Wildman–Crippen LogP) is 1.60. The van der Waals surface area contributed by atoms with E-state index in [-0.39, 0.29) is 17.1 Å². The van der Waals surface area contributed by atoms with Gasteiger partial charge < -0.3 is 15.6 Å². The fraction of sp³-hybridized carbons (Fsp3) is 0.462. The van der Waals surface area contributed by atoms with Crippen LogP contribution in [0.4, 0.5) is 0 Å². The van der Waals surface area contributed by atoms with Crippen LogP contribution < -0.4 is 5.73 Å². The van der Waals surface area contributed by atoms with Crippen molar-refractivity contribution in [3.8, 4) is 0 Å². The van der Waals surface area contributed by atoms with E-state index in [9.17, 15) is 9.90 Å². The second-order valence-corrected chi connectivity index (χ2v) is 5.05. The molecule has 1 aliphatic carbocycles. The van der Waals surface area contributed by atoms with Crippen LogP contribution in [0.1, 0.15) is 20.3 Å². The number of carbonyl (C=O) groups is 1. The highest BCUT2D eigenvalue weighted by molar-refractivity contribution is 5.91. The summed E-state index contributed by atoms with van der Waals surface area (Å²) in [5, 5.41) is 9.19. The lowest BCUT2D eigenvalue weighted by Crippen LogP contribution is -2.18. The third kappa shape index (κ3) is 2.26. The van der Waals surface area contributed by atoms with Gasteiger partial charge in [0.15, 0.2) is 0 Å². The second-order valence-electron chi connectivity index (χ2n) is 5.05. The van der Waals surface area contributed by atoms with Crippen molar-refractivity contribution in [2.75, 3.05) is 6.54 Å². The molecular weight excluding hydrogens is 218 g/mol. The Bertz CT molecular complexity index is 444. The van der Waals surface area contributed by atoms with Crippen LogP contribution in [0.25, 0.3) is 0 Å². The second kappa shape index (κ2) is 4.04. The number of allylic oxidation sites excluding steroid dienone is 3. The molecule has 0 aromatic heterocycles. The number of carboxylic acids is 1. The van der Waals surface area contributed by atoms with E-state index in [0.717, 1.165) is 5.57 Å². The molecule has 0 saturated carbocycles. The normalized spacial score (nSPS) is 26.1. The van der Waals surface area contributed by atoms with Crippen LogP contribution in [0, 0.1) is 5.41 Å². The Hall–Kier alpha value is -1.55. The SMILES string of the molecule is CC1(C)C=CC(C(=O)O)=C2OC(CN)CC2=C1. The van der Waals surface area contributed by atoms with E-state index in [2.05, 4.69) is 6.08 Å². The van der Waals surface area contributed by atoms with E-state index >= 15 is 0 Å². The molecule has 4 heteroatoms. The standard InChI is InChI=1S/C13H17NO3/c1-13(2)4-3-10(12(15)16)11-8(6-13)5-9(7-14)17-11/h3-4,6,9H,5,7,14H2,1-2H3,(H,15,16). The van der Waals surface area contributed by atoms with Crippen LogP contribution in [0.2, 0.25) is 0 Å². The van der Waals surface area contributed by atoms with Crippen molar-refractivity contribution < 1.29 is 14.6 Å². The summed E-state index contributed by atoms with van der Waals surface area (Å²) in [6, 6.07) is 0. The van der Waals surface area contributed by atoms with Crippen molar-refractivity contribution in [2.45, 2.75) is 26.4 Å². The molecule has 1 atom stereocenters. The molecule has 0 aromatic rings. The highest BCUT2D eigenvalue weighted by Gasteiger charge is 2.32. The molecule has 0 bridgehead atoms. The molecule has 2 rings (SSSR count).